The van der Waals surface area contributed by atoms with E-state index in [1.165, 1.54) is 0 Å². The van der Waals surface area contributed by atoms with Gasteiger partial charge in [-0.05, 0) is 44.7 Å². The van der Waals surface area contributed by atoms with Crippen LogP contribution >= 0.6 is 28.3 Å². The van der Waals surface area contributed by atoms with Crippen LogP contribution in [0.1, 0.15) is 25.4 Å². The number of rotatable bonds is 6. The van der Waals surface area contributed by atoms with Gasteiger partial charge in [-0.25, -0.2) is 4.68 Å². The molecule has 6 nitrogen and oxygen atoms in total. The summed E-state index contributed by atoms with van der Waals surface area (Å²) >= 11 is 3.46. The van der Waals surface area contributed by atoms with Crippen LogP contribution in [0.2, 0.25) is 0 Å². The number of hydrogen-bond acceptors (Lipinski definition) is 5. The van der Waals surface area contributed by atoms with Crippen molar-refractivity contribution in [2.45, 2.75) is 32.7 Å². The lowest BCUT2D eigenvalue weighted by molar-refractivity contribution is 0.418. The van der Waals surface area contributed by atoms with Crippen LogP contribution in [0.4, 0.5) is 0 Å². The van der Waals surface area contributed by atoms with Crippen molar-refractivity contribution >= 4 is 28.3 Å². The van der Waals surface area contributed by atoms with Gasteiger partial charge in [0.25, 0.3) is 5.89 Å². The first-order valence-electron chi connectivity index (χ1n) is 7.95. The molecule has 0 aliphatic rings. The van der Waals surface area contributed by atoms with Gasteiger partial charge < -0.3 is 9.84 Å². The first-order chi connectivity index (χ1) is 11.6. The summed E-state index contributed by atoms with van der Waals surface area (Å²) in [5, 5.41) is 11.8. The maximum absolute atomic E-state index is 5.46. The highest BCUT2D eigenvalue weighted by molar-refractivity contribution is 9.10. The van der Waals surface area contributed by atoms with E-state index in [2.05, 4.69) is 50.3 Å². The highest BCUT2D eigenvalue weighted by atomic mass is 79.9. The summed E-state index contributed by atoms with van der Waals surface area (Å²) in [5.41, 5.74) is 2.94. The lowest BCUT2D eigenvalue weighted by Gasteiger charge is -2.06. The van der Waals surface area contributed by atoms with Crippen molar-refractivity contribution in [3.8, 4) is 17.1 Å². The van der Waals surface area contributed by atoms with Crippen LogP contribution in [-0.4, -0.2) is 33.0 Å². The fraction of sp³-hybridized carbons (Fsp3) is 0.353. The molecule has 0 saturated heterocycles. The molecule has 0 spiro atoms. The van der Waals surface area contributed by atoms with Gasteiger partial charge in [0.2, 0.25) is 0 Å². The average molecular weight is 427 g/mol. The summed E-state index contributed by atoms with van der Waals surface area (Å²) in [6, 6.07) is 8.34. The topological polar surface area (TPSA) is 68.8 Å². The van der Waals surface area contributed by atoms with Crippen LogP contribution in [0.5, 0.6) is 0 Å². The minimum atomic E-state index is 0. The Morgan fingerprint density at radius 1 is 1.28 bits per heavy atom. The van der Waals surface area contributed by atoms with E-state index in [4.69, 9.17) is 4.52 Å². The lowest BCUT2D eigenvalue weighted by Crippen LogP contribution is -2.24. The molecular formula is C17H21BrClN5O. The fourth-order valence-electron chi connectivity index (χ4n) is 2.52. The maximum Gasteiger partial charge on any atom is 0.261 e. The Kier molecular flexibility index (Phi) is 6.75. The Morgan fingerprint density at radius 3 is 2.64 bits per heavy atom. The normalized spacial score (nSPS) is 12.0. The van der Waals surface area contributed by atoms with Gasteiger partial charge in [0.1, 0.15) is 0 Å². The van der Waals surface area contributed by atoms with Crippen LogP contribution in [0.3, 0.4) is 0 Å². The zero-order valence-corrected chi connectivity index (χ0v) is 16.8. The van der Waals surface area contributed by atoms with Crippen molar-refractivity contribution in [1.29, 1.82) is 0 Å². The number of aromatic nitrogens is 4. The molecule has 25 heavy (non-hydrogen) atoms. The van der Waals surface area contributed by atoms with E-state index in [0.29, 0.717) is 17.8 Å². The second-order valence-electron chi connectivity index (χ2n) is 5.66. The standard InChI is InChI=1S/C17H20BrN5O.ClH/c1-4-15-14(17-21-16(22-24-17)9-11(2)19-3)10-20-23(15)13-7-5-12(18)6-8-13;/h5-8,10-11,19H,4,9H2,1-3H3;1H. The summed E-state index contributed by atoms with van der Waals surface area (Å²) in [6.45, 7) is 4.18. The van der Waals surface area contributed by atoms with Crippen molar-refractivity contribution in [1.82, 2.24) is 25.2 Å². The molecule has 0 amide bonds. The number of likely N-dealkylation sites (N-methyl/N-ethyl adjacent to an activating group) is 1. The monoisotopic (exact) mass is 425 g/mol. The molecule has 1 atom stereocenters. The van der Waals surface area contributed by atoms with Crippen molar-refractivity contribution in [2.75, 3.05) is 7.05 Å². The minimum Gasteiger partial charge on any atom is -0.334 e. The van der Waals surface area contributed by atoms with E-state index in [1.807, 2.05) is 36.0 Å². The molecule has 3 rings (SSSR count). The lowest BCUT2D eigenvalue weighted by atomic mass is 10.2. The molecule has 2 heterocycles. The van der Waals surface area contributed by atoms with Crippen molar-refractivity contribution in [3.05, 3.63) is 46.5 Å². The Hall–Kier alpha value is -1.70. The van der Waals surface area contributed by atoms with Crippen LogP contribution in [0.25, 0.3) is 17.1 Å². The predicted octanol–water partition coefficient (Wildman–Crippen LogP) is 3.82. The van der Waals surface area contributed by atoms with Crippen LogP contribution in [-0.2, 0) is 12.8 Å². The van der Waals surface area contributed by atoms with Crippen molar-refractivity contribution in [2.24, 2.45) is 0 Å². The van der Waals surface area contributed by atoms with Gasteiger partial charge in [0.15, 0.2) is 5.82 Å². The SMILES string of the molecule is CCc1c(-c2nc(CC(C)NC)no2)cnn1-c1ccc(Br)cc1.Cl. The summed E-state index contributed by atoms with van der Waals surface area (Å²) in [4.78, 5) is 4.52. The minimum absolute atomic E-state index is 0. The molecule has 134 valence electrons. The Labute approximate surface area is 161 Å². The van der Waals surface area contributed by atoms with Gasteiger partial charge in [0, 0.05) is 16.9 Å². The first kappa shape index (κ1) is 19.6. The molecular weight excluding hydrogens is 406 g/mol. The second kappa shape index (κ2) is 8.60. The van der Waals surface area contributed by atoms with Gasteiger partial charge in [0.05, 0.1) is 23.1 Å². The molecule has 0 fully saturated rings. The molecule has 0 aliphatic heterocycles. The largest absolute Gasteiger partial charge is 0.334 e. The highest BCUT2D eigenvalue weighted by Gasteiger charge is 2.18. The van der Waals surface area contributed by atoms with Gasteiger partial charge >= 0.3 is 0 Å². The van der Waals surface area contributed by atoms with E-state index in [0.717, 1.165) is 34.3 Å². The molecule has 0 radical (unpaired) electrons. The van der Waals surface area contributed by atoms with E-state index in [-0.39, 0.29) is 12.4 Å². The first-order valence-corrected chi connectivity index (χ1v) is 8.74. The van der Waals surface area contributed by atoms with Crippen LogP contribution in [0, 0.1) is 0 Å². The van der Waals surface area contributed by atoms with Gasteiger partial charge in [-0.15, -0.1) is 12.4 Å². The van der Waals surface area contributed by atoms with E-state index >= 15 is 0 Å². The average Bonchev–Trinajstić information content (AvgIpc) is 3.21. The van der Waals surface area contributed by atoms with Crippen molar-refractivity contribution < 1.29 is 4.52 Å². The molecule has 3 aromatic rings. The second-order valence-corrected chi connectivity index (χ2v) is 6.57. The third-order valence-electron chi connectivity index (χ3n) is 3.96. The summed E-state index contributed by atoms with van der Waals surface area (Å²) in [7, 11) is 1.92. The van der Waals surface area contributed by atoms with Gasteiger partial charge in [-0.2, -0.15) is 10.1 Å². The molecule has 0 aliphatic carbocycles. The Morgan fingerprint density at radius 2 is 2.00 bits per heavy atom. The zero-order valence-electron chi connectivity index (χ0n) is 14.4. The highest BCUT2D eigenvalue weighted by Crippen LogP contribution is 2.25. The number of hydrogen-bond donors (Lipinski definition) is 1. The van der Waals surface area contributed by atoms with Gasteiger partial charge in [-0.3, -0.25) is 0 Å². The fourth-order valence-corrected chi connectivity index (χ4v) is 2.78. The molecule has 1 N–H and O–H groups in total. The van der Waals surface area contributed by atoms with Crippen molar-refractivity contribution in [3.63, 3.8) is 0 Å². The van der Waals surface area contributed by atoms with Crippen LogP contribution < -0.4 is 5.32 Å². The zero-order chi connectivity index (χ0) is 17.1. The summed E-state index contributed by atoms with van der Waals surface area (Å²) in [5.74, 6) is 1.22. The molecule has 8 heteroatoms. The molecule has 1 unspecified atom stereocenters. The maximum atomic E-state index is 5.46. The Bertz CT molecular complexity index is 815. The van der Waals surface area contributed by atoms with Crippen LogP contribution in [0.15, 0.2) is 39.5 Å². The molecule has 0 saturated carbocycles. The molecule has 2 aromatic heterocycles. The number of nitrogens with one attached hydrogen (secondary N) is 1. The quantitative estimate of drug-likeness (QED) is 0.649. The van der Waals surface area contributed by atoms with E-state index in [1.54, 1.807) is 6.20 Å². The molecule has 0 bridgehead atoms. The number of nitrogens with zero attached hydrogens (tertiary/aromatic N) is 4. The third kappa shape index (κ3) is 4.29. The van der Waals surface area contributed by atoms with E-state index in [9.17, 15) is 0 Å². The Balaban J connectivity index is 0.00000225. The van der Waals surface area contributed by atoms with Gasteiger partial charge in [-0.1, -0.05) is 28.0 Å². The number of halogens is 2. The third-order valence-corrected chi connectivity index (χ3v) is 4.48. The summed E-state index contributed by atoms with van der Waals surface area (Å²) < 4.78 is 8.41. The summed E-state index contributed by atoms with van der Waals surface area (Å²) in [6.07, 6.45) is 3.33. The molecule has 1 aromatic carbocycles. The number of benzene rings is 1. The smallest absolute Gasteiger partial charge is 0.261 e. The van der Waals surface area contributed by atoms with E-state index < -0.39 is 0 Å². The predicted molar refractivity (Wildman–Crippen MR) is 103 cm³/mol.